The standard InChI is InChI=1S/C12H24N2/c1-12(2,3)14-8-10-6-5-7-13(4)11(10)9-14/h10-11H,5-9H2,1-4H3/t10-,11+/m0/s1. The minimum absolute atomic E-state index is 0.359. The fraction of sp³-hybridized carbons (Fsp3) is 1.00. The van der Waals surface area contributed by atoms with Crippen molar-refractivity contribution in [3.63, 3.8) is 0 Å². The molecule has 0 aromatic carbocycles. The molecular formula is C12H24N2. The molecule has 2 heteroatoms. The molecule has 14 heavy (non-hydrogen) atoms. The third kappa shape index (κ3) is 1.82. The number of rotatable bonds is 0. The third-order valence-electron chi connectivity index (χ3n) is 4.01. The lowest BCUT2D eigenvalue weighted by atomic mass is 9.93. The molecule has 2 aliphatic heterocycles. The van der Waals surface area contributed by atoms with Gasteiger partial charge in [-0.1, -0.05) is 0 Å². The minimum Gasteiger partial charge on any atom is -0.302 e. The molecule has 0 saturated carbocycles. The highest BCUT2D eigenvalue weighted by Gasteiger charge is 2.40. The average molecular weight is 196 g/mol. The zero-order chi connectivity index (χ0) is 10.3. The number of hydrogen-bond donors (Lipinski definition) is 0. The monoisotopic (exact) mass is 196 g/mol. The van der Waals surface area contributed by atoms with Gasteiger partial charge in [0.25, 0.3) is 0 Å². The Balaban J connectivity index is 2.04. The van der Waals surface area contributed by atoms with E-state index in [1.807, 2.05) is 0 Å². The number of likely N-dealkylation sites (tertiary alicyclic amines) is 2. The molecule has 2 nitrogen and oxygen atoms in total. The second kappa shape index (κ2) is 3.49. The van der Waals surface area contributed by atoms with Crippen LogP contribution in [-0.2, 0) is 0 Å². The molecule has 2 rings (SSSR count). The number of fused-ring (bicyclic) bond motifs is 1. The van der Waals surface area contributed by atoms with E-state index in [9.17, 15) is 0 Å². The van der Waals surface area contributed by atoms with Gasteiger partial charge in [-0.2, -0.15) is 0 Å². The normalized spacial score (nSPS) is 36.0. The molecule has 2 heterocycles. The van der Waals surface area contributed by atoms with Crippen LogP contribution in [0.3, 0.4) is 0 Å². The van der Waals surface area contributed by atoms with E-state index in [0.717, 1.165) is 12.0 Å². The summed E-state index contributed by atoms with van der Waals surface area (Å²) in [6.07, 6.45) is 2.84. The van der Waals surface area contributed by atoms with Crippen LogP contribution in [0, 0.1) is 5.92 Å². The van der Waals surface area contributed by atoms with Crippen LogP contribution in [-0.4, -0.2) is 48.1 Å². The zero-order valence-electron chi connectivity index (χ0n) is 10.1. The fourth-order valence-electron chi connectivity index (χ4n) is 2.95. The van der Waals surface area contributed by atoms with E-state index in [-0.39, 0.29) is 0 Å². The molecule has 0 bridgehead atoms. The molecule has 2 aliphatic rings. The van der Waals surface area contributed by atoms with Crippen molar-refractivity contribution >= 4 is 0 Å². The Labute approximate surface area is 88.3 Å². The van der Waals surface area contributed by atoms with Crippen LogP contribution in [0.15, 0.2) is 0 Å². The topological polar surface area (TPSA) is 6.48 Å². The van der Waals surface area contributed by atoms with Crippen LogP contribution in [0.25, 0.3) is 0 Å². The molecule has 0 radical (unpaired) electrons. The SMILES string of the molecule is CN1CCC[C@H]2CN(C(C)(C)C)C[C@H]21. The van der Waals surface area contributed by atoms with E-state index in [4.69, 9.17) is 0 Å². The van der Waals surface area contributed by atoms with Gasteiger partial charge in [0.1, 0.15) is 0 Å². The highest BCUT2D eigenvalue weighted by atomic mass is 15.3. The molecule has 0 amide bonds. The first-order chi connectivity index (χ1) is 6.48. The van der Waals surface area contributed by atoms with Gasteiger partial charge in [0, 0.05) is 24.7 Å². The Bertz CT molecular complexity index is 207. The van der Waals surface area contributed by atoms with Gasteiger partial charge in [0.05, 0.1) is 0 Å². The summed E-state index contributed by atoms with van der Waals surface area (Å²) in [5.41, 5.74) is 0.359. The van der Waals surface area contributed by atoms with Gasteiger partial charge in [0.2, 0.25) is 0 Å². The lowest BCUT2D eigenvalue weighted by molar-refractivity contribution is 0.145. The second-order valence-electron chi connectivity index (χ2n) is 6.03. The van der Waals surface area contributed by atoms with Crippen molar-refractivity contribution in [2.45, 2.75) is 45.2 Å². The number of likely N-dealkylation sites (N-methyl/N-ethyl adjacent to an activating group) is 1. The zero-order valence-corrected chi connectivity index (χ0v) is 10.1. The summed E-state index contributed by atoms with van der Waals surface area (Å²) in [5, 5.41) is 0. The van der Waals surface area contributed by atoms with E-state index in [1.165, 1.54) is 32.5 Å². The van der Waals surface area contributed by atoms with Crippen LogP contribution < -0.4 is 0 Å². The fourth-order valence-corrected chi connectivity index (χ4v) is 2.95. The molecule has 2 atom stereocenters. The van der Waals surface area contributed by atoms with Gasteiger partial charge >= 0.3 is 0 Å². The van der Waals surface area contributed by atoms with Crippen LogP contribution in [0.2, 0.25) is 0 Å². The average Bonchev–Trinajstić information content (AvgIpc) is 2.48. The third-order valence-corrected chi connectivity index (χ3v) is 4.01. The van der Waals surface area contributed by atoms with Crippen molar-refractivity contribution in [2.24, 2.45) is 5.92 Å². The van der Waals surface area contributed by atoms with Crippen molar-refractivity contribution in [1.82, 2.24) is 9.80 Å². The Morgan fingerprint density at radius 1 is 1.14 bits per heavy atom. The van der Waals surface area contributed by atoms with Crippen molar-refractivity contribution < 1.29 is 0 Å². The van der Waals surface area contributed by atoms with Crippen molar-refractivity contribution in [3.8, 4) is 0 Å². The number of piperidine rings is 1. The van der Waals surface area contributed by atoms with Crippen molar-refractivity contribution in [2.75, 3.05) is 26.7 Å². The van der Waals surface area contributed by atoms with E-state index >= 15 is 0 Å². The summed E-state index contributed by atoms with van der Waals surface area (Å²) in [6.45, 7) is 10.9. The Kier molecular flexibility index (Phi) is 2.61. The summed E-state index contributed by atoms with van der Waals surface area (Å²) in [5.74, 6) is 0.938. The van der Waals surface area contributed by atoms with E-state index < -0.39 is 0 Å². The summed E-state index contributed by atoms with van der Waals surface area (Å²) in [4.78, 5) is 5.23. The lowest BCUT2D eigenvalue weighted by Crippen LogP contribution is -2.44. The predicted molar refractivity (Wildman–Crippen MR) is 60.5 cm³/mol. The highest BCUT2D eigenvalue weighted by Crippen LogP contribution is 2.32. The van der Waals surface area contributed by atoms with Crippen LogP contribution >= 0.6 is 0 Å². The van der Waals surface area contributed by atoms with E-state index in [0.29, 0.717) is 5.54 Å². The maximum Gasteiger partial charge on any atom is 0.0260 e. The lowest BCUT2D eigenvalue weighted by Gasteiger charge is -2.34. The van der Waals surface area contributed by atoms with E-state index in [1.54, 1.807) is 0 Å². The highest BCUT2D eigenvalue weighted by molar-refractivity contribution is 4.96. The maximum atomic E-state index is 2.66. The van der Waals surface area contributed by atoms with Crippen LogP contribution in [0.5, 0.6) is 0 Å². The molecule has 0 aromatic heterocycles. The number of hydrogen-bond acceptors (Lipinski definition) is 2. The quantitative estimate of drug-likeness (QED) is 0.583. The predicted octanol–water partition coefficient (Wildman–Crippen LogP) is 1.81. The summed E-state index contributed by atoms with van der Waals surface area (Å²) >= 11 is 0. The van der Waals surface area contributed by atoms with Gasteiger partial charge in [0.15, 0.2) is 0 Å². The molecule has 0 aromatic rings. The van der Waals surface area contributed by atoms with Gasteiger partial charge in [-0.25, -0.2) is 0 Å². The maximum absolute atomic E-state index is 2.66. The van der Waals surface area contributed by atoms with Gasteiger partial charge in [-0.15, -0.1) is 0 Å². The molecule has 0 aliphatic carbocycles. The summed E-state index contributed by atoms with van der Waals surface area (Å²) in [6, 6.07) is 0.836. The summed E-state index contributed by atoms with van der Waals surface area (Å²) < 4.78 is 0. The Morgan fingerprint density at radius 2 is 1.86 bits per heavy atom. The Morgan fingerprint density at radius 3 is 2.43 bits per heavy atom. The molecular weight excluding hydrogens is 172 g/mol. The molecule has 0 unspecified atom stereocenters. The molecule has 0 spiro atoms. The van der Waals surface area contributed by atoms with E-state index in [2.05, 4.69) is 37.6 Å². The Hall–Kier alpha value is -0.0800. The van der Waals surface area contributed by atoms with Gasteiger partial charge in [-0.3, -0.25) is 4.90 Å². The van der Waals surface area contributed by atoms with Gasteiger partial charge < -0.3 is 4.90 Å². The second-order valence-corrected chi connectivity index (χ2v) is 6.03. The minimum atomic E-state index is 0.359. The largest absolute Gasteiger partial charge is 0.302 e. The van der Waals surface area contributed by atoms with Crippen LogP contribution in [0.1, 0.15) is 33.6 Å². The molecule has 2 saturated heterocycles. The first kappa shape index (κ1) is 10.4. The molecule has 82 valence electrons. The first-order valence-electron chi connectivity index (χ1n) is 5.94. The van der Waals surface area contributed by atoms with Gasteiger partial charge in [-0.05, 0) is 53.1 Å². The summed E-state index contributed by atoms with van der Waals surface area (Å²) in [7, 11) is 2.29. The first-order valence-corrected chi connectivity index (χ1v) is 5.94. The van der Waals surface area contributed by atoms with Crippen molar-refractivity contribution in [1.29, 1.82) is 0 Å². The number of nitrogens with zero attached hydrogens (tertiary/aromatic N) is 2. The smallest absolute Gasteiger partial charge is 0.0260 e. The molecule has 0 N–H and O–H groups in total. The van der Waals surface area contributed by atoms with Crippen LogP contribution in [0.4, 0.5) is 0 Å². The van der Waals surface area contributed by atoms with Crippen molar-refractivity contribution in [3.05, 3.63) is 0 Å². The molecule has 2 fully saturated rings.